The van der Waals surface area contributed by atoms with Crippen LogP contribution in [0.4, 0.5) is 0 Å². The van der Waals surface area contributed by atoms with Crippen LogP contribution in [-0.2, 0) is 26.2 Å². The molecule has 4 rings (SSSR count). The molecule has 2 aromatic rings. The molecule has 0 spiro atoms. The first-order valence-corrected chi connectivity index (χ1v) is 14.5. The van der Waals surface area contributed by atoms with Gasteiger partial charge >= 0.3 is 0 Å². The van der Waals surface area contributed by atoms with Gasteiger partial charge in [0, 0.05) is 25.6 Å². The number of carbonyl (C=O) groups excluding carboxylic acids is 3. The highest BCUT2D eigenvalue weighted by Crippen LogP contribution is 2.30. The zero-order valence-electron chi connectivity index (χ0n) is 21.9. The normalized spacial score (nSPS) is 17.5. The summed E-state index contributed by atoms with van der Waals surface area (Å²) < 4.78 is 31.8. The molecule has 2 aliphatic rings. The van der Waals surface area contributed by atoms with Gasteiger partial charge in [-0.2, -0.15) is 0 Å². The van der Waals surface area contributed by atoms with Crippen LogP contribution in [0.3, 0.4) is 0 Å². The molecule has 1 unspecified atom stereocenters. The first-order valence-electron chi connectivity index (χ1n) is 13.1. The standard InChI is InChI=1S/C28H35N3O6S/c1-20(27(33)29-22-11-4-3-5-12-22)30(19-21-10-8-13-23(18-21)37-2)26(32)16-9-17-31-28(34)24-14-6-7-15-25(24)38(31,35)36/h6-8,10,13-15,18,20,22H,3-5,9,11-12,16-17,19H2,1-2H3,(H,29,33). The Morgan fingerprint density at radius 2 is 1.84 bits per heavy atom. The van der Waals surface area contributed by atoms with Crippen LogP contribution in [0.1, 0.15) is 67.8 Å². The lowest BCUT2D eigenvalue weighted by Gasteiger charge is -2.31. The highest BCUT2D eigenvalue weighted by molar-refractivity contribution is 7.90. The Morgan fingerprint density at radius 1 is 1.11 bits per heavy atom. The van der Waals surface area contributed by atoms with E-state index in [1.165, 1.54) is 23.5 Å². The van der Waals surface area contributed by atoms with Crippen LogP contribution in [0.2, 0.25) is 0 Å². The van der Waals surface area contributed by atoms with Crippen LogP contribution in [0.15, 0.2) is 53.4 Å². The fourth-order valence-electron chi connectivity index (χ4n) is 5.09. The number of fused-ring (bicyclic) bond motifs is 1. The molecule has 0 saturated heterocycles. The van der Waals surface area contributed by atoms with Gasteiger partial charge in [-0.25, -0.2) is 12.7 Å². The fraction of sp³-hybridized carbons (Fsp3) is 0.464. The molecule has 1 aliphatic heterocycles. The average molecular weight is 542 g/mol. The lowest BCUT2D eigenvalue weighted by Crippen LogP contribution is -2.50. The Morgan fingerprint density at radius 3 is 2.55 bits per heavy atom. The largest absolute Gasteiger partial charge is 0.497 e. The second kappa shape index (κ2) is 12.0. The molecule has 1 saturated carbocycles. The molecule has 0 aromatic heterocycles. The number of methoxy groups -OCH3 is 1. The van der Waals surface area contributed by atoms with Gasteiger partial charge in [-0.05, 0) is 56.0 Å². The zero-order chi connectivity index (χ0) is 27.3. The maximum Gasteiger partial charge on any atom is 0.269 e. The minimum Gasteiger partial charge on any atom is -0.497 e. The van der Waals surface area contributed by atoms with E-state index in [9.17, 15) is 22.8 Å². The van der Waals surface area contributed by atoms with Crippen molar-refractivity contribution in [1.29, 1.82) is 0 Å². The van der Waals surface area contributed by atoms with Crippen LogP contribution < -0.4 is 10.1 Å². The number of hydrogen-bond acceptors (Lipinski definition) is 6. The summed E-state index contributed by atoms with van der Waals surface area (Å²) in [6.45, 7) is 1.79. The number of nitrogens with zero attached hydrogens (tertiary/aromatic N) is 2. The summed E-state index contributed by atoms with van der Waals surface area (Å²) >= 11 is 0. The molecule has 0 radical (unpaired) electrons. The Balaban J connectivity index is 1.45. The third-order valence-electron chi connectivity index (χ3n) is 7.27. The van der Waals surface area contributed by atoms with Crippen molar-refractivity contribution >= 4 is 27.7 Å². The van der Waals surface area contributed by atoms with Gasteiger partial charge in [0.1, 0.15) is 16.7 Å². The molecule has 204 valence electrons. The molecule has 1 aliphatic carbocycles. The molecular formula is C28H35N3O6S. The smallest absolute Gasteiger partial charge is 0.269 e. The Labute approximate surface area is 224 Å². The Hall–Kier alpha value is -3.40. The molecule has 1 fully saturated rings. The van der Waals surface area contributed by atoms with Crippen molar-refractivity contribution in [3.05, 3.63) is 59.7 Å². The average Bonchev–Trinajstić information content (AvgIpc) is 3.12. The van der Waals surface area contributed by atoms with Crippen LogP contribution >= 0.6 is 0 Å². The number of rotatable bonds is 10. The fourth-order valence-corrected chi connectivity index (χ4v) is 6.70. The summed E-state index contributed by atoms with van der Waals surface area (Å²) in [5.74, 6) is -0.436. The summed E-state index contributed by atoms with van der Waals surface area (Å²) in [4.78, 5) is 40.8. The molecule has 0 bridgehead atoms. The zero-order valence-corrected chi connectivity index (χ0v) is 22.7. The molecule has 1 heterocycles. The predicted molar refractivity (Wildman–Crippen MR) is 142 cm³/mol. The molecule has 1 atom stereocenters. The molecule has 2 aromatic carbocycles. The van der Waals surface area contributed by atoms with E-state index in [1.54, 1.807) is 32.2 Å². The van der Waals surface area contributed by atoms with Gasteiger partial charge in [-0.3, -0.25) is 14.4 Å². The number of benzene rings is 2. The highest BCUT2D eigenvalue weighted by Gasteiger charge is 2.40. The molecule has 3 amide bonds. The lowest BCUT2D eigenvalue weighted by atomic mass is 9.95. The van der Waals surface area contributed by atoms with Gasteiger partial charge in [0.05, 0.1) is 12.7 Å². The van der Waals surface area contributed by atoms with E-state index < -0.39 is 22.0 Å². The molecular weight excluding hydrogens is 506 g/mol. The molecule has 38 heavy (non-hydrogen) atoms. The summed E-state index contributed by atoms with van der Waals surface area (Å²) in [6.07, 6.45) is 5.32. The van der Waals surface area contributed by atoms with E-state index >= 15 is 0 Å². The van der Waals surface area contributed by atoms with Crippen LogP contribution in [0.25, 0.3) is 0 Å². The van der Waals surface area contributed by atoms with Crippen LogP contribution in [0, 0.1) is 0 Å². The van der Waals surface area contributed by atoms with Crippen molar-refractivity contribution in [2.45, 2.75) is 75.4 Å². The monoisotopic (exact) mass is 541 g/mol. The third kappa shape index (κ3) is 6.01. The first-order chi connectivity index (χ1) is 18.2. The second-order valence-corrected chi connectivity index (χ2v) is 11.7. The van der Waals surface area contributed by atoms with E-state index in [2.05, 4.69) is 5.32 Å². The number of amides is 3. The summed E-state index contributed by atoms with van der Waals surface area (Å²) in [6, 6.07) is 12.8. The molecule has 10 heteroatoms. The van der Waals surface area contributed by atoms with Crippen molar-refractivity contribution < 1.29 is 27.5 Å². The minimum atomic E-state index is -3.94. The SMILES string of the molecule is COc1cccc(CN(C(=O)CCCN2C(=O)c3ccccc3S2(=O)=O)C(C)C(=O)NC2CCCCC2)c1. The van der Waals surface area contributed by atoms with Gasteiger partial charge in [-0.15, -0.1) is 0 Å². The Bertz CT molecular complexity index is 1290. The molecule has 1 N–H and O–H groups in total. The van der Waals surface area contributed by atoms with Gasteiger partial charge in [0.15, 0.2) is 0 Å². The summed E-state index contributed by atoms with van der Waals surface area (Å²) in [7, 11) is -2.37. The maximum atomic E-state index is 13.4. The van der Waals surface area contributed by atoms with Crippen LogP contribution in [0.5, 0.6) is 5.75 Å². The topological polar surface area (TPSA) is 113 Å². The van der Waals surface area contributed by atoms with E-state index in [-0.39, 0.29) is 54.2 Å². The van der Waals surface area contributed by atoms with Crippen molar-refractivity contribution in [3.8, 4) is 5.75 Å². The molecule has 9 nitrogen and oxygen atoms in total. The Kier molecular flexibility index (Phi) is 8.71. The maximum absolute atomic E-state index is 13.4. The van der Waals surface area contributed by atoms with Gasteiger partial charge in [0.2, 0.25) is 11.8 Å². The van der Waals surface area contributed by atoms with E-state index in [0.717, 1.165) is 35.6 Å². The minimum absolute atomic E-state index is 0.0102. The van der Waals surface area contributed by atoms with Gasteiger partial charge in [-0.1, -0.05) is 43.5 Å². The third-order valence-corrected chi connectivity index (χ3v) is 9.11. The van der Waals surface area contributed by atoms with E-state index in [1.807, 2.05) is 18.2 Å². The van der Waals surface area contributed by atoms with Crippen LogP contribution in [-0.4, -0.2) is 61.1 Å². The predicted octanol–water partition coefficient (Wildman–Crippen LogP) is 3.49. The highest BCUT2D eigenvalue weighted by atomic mass is 32.2. The number of sulfonamides is 1. The van der Waals surface area contributed by atoms with Crippen molar-refractivity contribution in [2.75, 3.05) is 13.7 Å². The lowest BCUT2D eigenvalue weighted by molar-refractivity contribution is -0.141. The first kappa shape index (κ1) is 27.6. The summed E-state index contributed by atoms with van der Waals surface area (Å²) in [5, 5.41) is 3.10. The van der Waals surface area contributed by atoms with E-state index in [4.69, 9.17) is 4.74 Å². The number of hydrogen-bond donors (Lipinski definition) is 1. The van der Waals surface area contributed by atoms with Crippen molar-refractivity contribution in [1.82, 2.24) is 14.5 Å². The number of ether oxygens (including phenoxy) is 1. The summed E-state index contributed by atoms with van der Waals surface area (Å²) in [5.41, 5.74) is 0.953. The quantitative estimate of drug-likeness (QED) is 0.493. The van der Waals surface area contributed by atoms with E-state index in [0.29, 0.717) is 5.75 Å². The van der Waals surface area contributed by atoms with Gasteiger partial charge < -0.3 is 15.0 Å². The number of carbonyl (C=O) groups is 3. The second-order valence-electron chi connectivity index (χ2n) is 9.87. The van der Waals surface area contributed by atoms with Crippen molar-refractivity contribution in [3.63, 3.8) is 0 Å². The number of nitrogens with one attached hydrogen (secondary N) is 1. The van der Waals surface area contributed by atoms with Crippen molar-refractivity contribution in [2.24, 2.45) is 0 Å². The van der Waals surface area contributed by atoms with Gasteiger partial charge in [0.25, 0.3) is 15.9 Å².